The maximum Gasteiger partial charge on any atom is 0.317 e. The van der Waals surface area contributed by atoms with Crippen molar-refractivity contribution in [1.82, 2.24) is 0 Å². The molecule has 144 valence electrons. The van der Waals surface area contributed by atoms with Crippen molar-refractivity contribution in [1.29, 1.82) is 5.26 Å². The Morgan fingerprint density at radius 3 is 2.32 bits per heavy atom. The molecule has 28 heavy (non-hydrogen) atoms. The predicted molar refractivity (Wildman–Crippen MR) is 107 cm³/mol. The van der Waals surface area contributed by atoms with Crippen LogP contribution in [-0.2, 0) is 26.2 Å². The summed E-state index contributed by atoms with van der Waals surface area (Å²) in [6.07, 6.45) is 3.61. The highest BCUT2D eigenvalue weighted by atomic mass is 35.5. The number of esters is 1. The van der Waals surface area contributed by atoms with Gasteiger partial charge in [-0.25, -0.2) is 0 Å². The minimum atomic E-state index is -0.705. The Morgan fingerprint density at radius 1 is 1.07 bits per heavy atom. The van der Waals surface area contributed by atoms with Gasteiger partial charge < -0.3 is 10.1 Å². The first-order valence-electron chi connectivity index (χ1n) is 9.22. The Labute approximate surface area is 169 Å². The maximum absolute atomic E-state index is 12.9. The third-order valence-electron chi connectivity index (χ3n) is 5.10. The van der Waals surface area contributed by atoms with Crippen LogP contribution < -0.4 is 5.32 Å². The molecular formula is C22H21ClN2O3. The largest absolute Gasteiger partial charge is 0.455 e. The molecule has 1 amide bonds. The van der Waals surface area contributed by atoms with Gasteiger partial charge >= 0.3 is 5.97 Å². The van der Waals surface area contributed by atoms with E-state index in [0.29, 0.717) is 30.0 Å². The Bertz CT molecular complexity index is 879. The lowest BCUT2D eigenvalue weighted by Crippen LogP contribution is -2.36. The molecule has 6 heteroatoms. The van der Waals surface area contributed by atoms with Gasteiger partial charge in [0.2, 0.25) is 0 Å². The SMILES string of the molecule is N#CCc1ccc(NC(=O)COC(=O)C2(c3ccc(Cl)cc3)CCCC2)cc1. The van der Waals surface area contributed by atoms with E-state index in [4.69, 9.17) is 21.6 Å². The third-order valence-corrected chi connectivity index (χ3v) is 5.35. The number of nitriles is 1. The van der Waals surface area contributed by atoms with Crippen molar-refractivity contribution in [3.8, 4) is 6.07 Å². The lowest BCUT2D eigenvalue weighted by atomic mass is 9.79. The van der Waals surface area contributed by atoms with Gasteiger partial charge in [0.25, 0.3) is 5.91 Å². The lowest BCUT2D eigenvalue weighted by Gasteiger charge is -2.27. The van der Waals surface area contributed by atoms with Gasteiger partial charge in [0.15, 0.2) is 6.61 Å². The first kappa shape index (κ1) is 19.9. The van der Waals surface area contributed by atoms with Gasteiger partial charge in [0.05, 0.1) is 17.9 Å². The van der Waals surface area contributed by atoms with E-state index in [2.05, 4.69) is 11.4 Å². The van der Waals surface area contributed by atoms with E-state index < -0.39 is 11.3 Å². The third kappa shape index (κ3) is 4.52. The van der Waals surface area contributed by atoms with Crippen molar-refractivity contribution in [2.24, 2.45) is 0 Å². The van der Waals surface area contributed by atoms with Crippen molar-refractivity contribution in [2.75, 3.05) is 11.9 Å². The Kier molecular flexibility index (Phi) is 6.33. The topological polar surface area (TPSA) is 79.2 Å². The molecule has 0 radical (unpaired) electrons. The van der Waals surface area contributed by atoms with E-state index in [1.165, 1.54) is 0 Å². The van der Waals surface area contributed by atoms with Crippen molar-refractivity contribution in [3.05, 3.63) is 64.7 Å². The fraction of sp³-hybridized carbons (Fsp3) is 0.318. The smallest absolute Gasteiger partial charge is 0.317 e. The van der Waals surface area contributed by atoms with Crippen LogP contribution in [0.1, 0.15) is 36.8 Å². The van der Waals surface area contributed by atoms with E-state index >= 15 is 0 Å². The second-order valence-corrected chi connectivity index (χ2v) is 7.39. The number of halogens is 1. The number of anilines is 1. The number of amides is 1. The minimum absolute atomic E-state index is 0.318. The van der Waals surface area contributed by atoms with Crippen molar-refractivity contribution < 1.29 is 14.3 Å². The number of ether oxygens (including phenoxy) is 1. The zero-order valence-electron chi connectivity index (χ0n) is 15.4. The van der Waals surface area contributed by atoms with Gasteiger partial charge in [-0.3, -0.25) is 9.59 Å². The molecule has 0 aromatic heterocycles. The van der Waals surface area contributed by atoms with Crippen LogP contribution in [0.15, 0.2) is 48.5 Å². The second-order valence-electron chi connectivity index (χ2n) is 6.95. The van der Waals surface area contributed by atoms with Gasteiger partial charge in [0, 0.05) is 10.7 Å². The van der Waals surface area contributed by atoms with Crippen molar-refractivity contribution >= 4 is 29.2 Å². The molecule has 0 bridgehead atoms. The van der Waals surface area contributed by atoms with E-state index in [9.17, 15) is 9.59 Å². The normalized spacial score (nSPS) is 14.9. The average Bonchev–Trinajstić information content (AvgIpc) is 3.19. The van der Waals surface area contributed by atoms with E-state index in [1.807, 2.05) is 12.1 Å². The van der Waals surface area contributed by atoms with Crippen LogP contribution in [0.3, 0.4) is 0 Å². The fourth-order valence-electron chi connectivity index (χ4n) is 3.62. The molecule has 0 atom stereocenters. The number of hydrogen-bond acceptors (Lipinski definition) is 4. The highest BCUT2D eigenvalue weighted by Crippen LogP contribution is 2.42. The summed E-state index contributed by atoms with van der Waals surface area (Å²) in [5, 5.41) is 12.0. The summed E-state index contributed by atoms with van der Waals surface area (Å²) < 4.78 is 5.38. The van der Waals surface area contributed by atoms with Crippen LogP contribution in [0.2, 0.25) is 5.02 Å². The van der Waals surface area contributed by atoms with Crippen LogP contribution in [0, 0.1) is 11.3 Å². The molecule has 0 saturated heterocycles. The second kappa shape index (κ2) is 8.90. The number of carbonyl (C=O) groups is 2. The van der Waals surface area contributed by atoms with Crippen molar-refractivity contribution in [3.63, 3.8) is 0 Å². The van der Waals surface area contributed by atoms with Gasteiger partial charge in [-0.15, -0.1) is 0 Å². The summed E-state index contributed by atoms with van der Waals surface area (Å²) in [4.78, 5) is 25.0. The number of hydrogen-bond donors (Lipinski definition) is 1. The average molecular weight is 397 g/mol. The van der Waals surface area contributed by atoms with Crippen LogP contribution >= 0.6 is 11.6 Å². The molecule has 0 spiro atoms. The number of nitrogens with one attached hydrogen (secondary N) is 1. The Morgan fingerprint density at radius 2 is 1.71 bits per heavy atom. The van der Waals surface area contributed by atoms with Gasteiger partial charge in [-0.05, 0) is 48.2 Å². The van der Waals surface area contributed by atoms with Crippen LogP contribution in [0.5, 0.6) is 0 Å². The quantitative estimate of drug-likeness (QED) is 0.734. The van der Waals surface area contributed by atoms with E-state index in [0.717, 1.165) is 24.0 Å². The fourth-order valence-corrected chi connectivity index (χ4v) is 3.75. The number of rotatable bonds is 6. The highest BCUT2D eigenvalue weighted by molar-refractivity contribution is 6.30. The molecule has 2 aromatic carbocycles. The van der Waals surface area contributed by atoms with E-state index in [-0.39, 0.29) is 12.6 Å². The summed E-state index contributed by atoms with van der Waals surface area (Å²) in [5.41, 5.74) is 1.64. The molecular weight excluding hydrogens is 376 g/mol. The molecule has 0 unspecified atom stereocenters. The first-order chi connectivity index (χ1) is 13.5. The standard InChI is InChI=1S/C22H21ClN2O3/c23-18-7-5-17(6-8-18)22(12-1-2-13-22)21(27)28-15-20(26)25-19-9-3-16(4-10-19)11-14-24/h3-10H,1-2,11-13,15H2,(H,25,26). The molecule has 3 rings (SSSR count). The molecule has 0 aliphatic heterocycles. The number of benzene rings is 2. The number of carbonyl (C=O) groups excluding carboxylic acids is 2. The van der Waals surface area contributed by atoms with Gasteiger partial charge in [-0.2, -0.15) is 5.26 Å². The zero-order valence-corrected chi connectivity index (χ0v) is 16.2. The molecule has 1 N–H and O–H groups in total. The van der Waals surface area contributed by atoms with Crippen molar-refractivity contribution in [2.45, 2.75) is 37.5 Å². The van der Waals surface area contributed by atoms with E-state index in [1.54, 1.807) is 36.4 Å². The molecule has 1 aliphatic rings. The molecule has 1 aliphatic carbocycles. The predicted octanol–water partition coefficient (Wildman–Crippen LogP) is 4.40. The van der Waals surface area contributed by atoms with Crippen LogP contribution in [0.25, 0.3) is 0 Å². The van der Waals surface area contributed by atoms with Crippen LogP contribution in [0.4, 0.5) is 5.69 Å². The van der Waals surface area contributed by atoms with Crippen LogP contribution in [-0.4, -0.2) is 18.5 Å². The molecule has 2 aromatic rings. The number of nitrogens with zero attached hydrogens (tertiary/aromatic N) is 1. The maximum atomic E-state index is 12.9. The zero-order chi connectivity index (χ0) is 20.0. The first-order valence-corrected chi connectivity index (χ1v) is 9.60. The molecule has 0 heterocycles. The van der Waals surface area contributed by atoms with Gasteiger partial charge in [0.1, 0.15) is 0 Å². The summed E-state index contributed by atoms with van der Waals surface area (Å²) in [7, 11) is 0. The summed E-state index contributed by atoms with van der Waals surface area (Å²) in [6, 6.07) is 16.3. The Hall–Kier alpha value is -2.84. The Balaban J connectivity index is 1.60. The highest BCUT2D eigenvalue weighted by Gasteiger charge is 2.44. The summed E-state index contributed by atoms with van der Waals surface area (Å²) in [6.45, 7) is -0.339. The van der Waals surface area contributed by atoms with Gasteiger partial charge in [-0.1, -0.05) is 48.7 Å². The minimum Gasteiger partial charge on any atom is -0.455 e. The molecule has 5 nitrogen and oxygen atoms in total. The lowest BCUT2D eigenvalue weighted by molar-refractivity contribution is -0.153. The molecule has 1 saturated carbocycles. The monoisotopic (exact) mass is 396 g/mol. The molecule has 1 fully saturated rings. The summed E-state index contributed by atoms with van der Waals surface area (Å²) in [5.74, 6) is -0.766. The summed E-state index contributed by atoms with van der Waals surface area (Å²) >= 11 is 5.97.